The molecule has 0 aliphatic carbocycles. The molecule has 3 aromatic carbocycles. The molecular formula is C32H31N5O7. The Morgan fingerprint density at radius 3 is 2.18 bits per heavy atom. The molecule has 1 aliphatic rings. The molecule has 6 rings (SSSR count). The van der Waals surface area contributed by atoms with Crippen LogP contribution in [0.1, 0.15) is 22.9 Å². The van der Waals surface area contributed by atoms with Gasteiger partial charge in [-0.05, 0) is 23.3 Å². The summed E-state index contributed by atoms with van der Waals surface area (Å²) in [4.78, 5) is 20.8. The number of para-hydroxylation sites is 1. The SMILES string of the molecule is COc1cccc(C(OC[C@H]2O[C@@H](n3ccc(-n4cncn4)nc3=O)[C@H](O)[C@@H]2O)(c2ccccc2)c2ccccc2)c1OC. The minimum atomic E-state index is -1.44. The lowest BCUT2D eigenvalue weighted by atomic mass is 9.79. The van der Waals surface area contributed by atoms with Gasteiger partial charge in [-0.2, -0.15) is 10.1 Å². The predicted molar refractivity (Wildman–Crippen MR) is 158 cm³/mol. The molecule has 5 aromatic rings. The fraction of sp³-hybridized carbons (Fsp3) is 0.250. The van der Waals surface area contributed by atoms with Crippen LogP contribution in [-0.2, 0) is 15.1 Å². The quantitative estimate of drug-likeness (QED) is 0.231. The second-order valence-corrected chi connectivity index (χ2v) is 10.1. The molecule has 0 bridgehead atoms. The van der Waals surface area contributed by atoms with E-state index in [1.165, 1.54) is 29.6 Å². The molecule has 2 aromatic heterocycles. The highest BCUT2D eigenvalue weighted by atomic mass is 16.6. The van der Waals surface area contributed by atoms with Crippen molar-refractivity contribution in [1.82, 2.24) is 24.3 Å². The van der Waals surface area contributed by atoms with E-state index >= 15 is 0 Å². The Hall–Kier alpha value is -4.88. The van der Waals surface area contributed by atoms with Crippen molar-refractivity contribution in [2.75, 3.05) is 20.8 Å². The third-order valence-electron chi connectivity index (χ3n) is 7.69. The van der Waals surface area contributed by atoms with Gasteiger partial charge in [-0.1, -0.05) is 72.8 Å². The lowest BCUT2D eigenvalue weighted by Gasteiger charge is -2.37. The smallest absolute Gasteiger partial charge is 0.351 e. The van der Waals surface area contributed by atoms with E-state index in [4.69, 9.17) is 18.9 Å². The van der Waals surface area contributed by atoms with Gasteiger partial charge >= 0.3 is 5.69 Å². The highest BCUT2D eigenvalue weighted by Gasteiger charge is 2.47. The van der Waals surface area contributed by atoms with E-state index < -0.39 is 35.8 Å². The molecule has 1 fully saturated rings. The van der Waals surface area contributed by atoms with Gasteiger partial charge in [0.2, 0.25) is 0 Å². The zero-order chi connectivity index (χ0) is 30.7. The summed E-state index contributed by atoms with van der Waals surface area (Å²) in [5.41, 5.74) is 0.273. The minimum absolute atomic E-state index is 0.169. The lowest BCUT2D eigenvalue weighted by molar-refractivity contribution is -0.0962. The first kappa shape index (κ1) is 29.2. The normalized spacial score (nSPS) is 20.0. The summed E-state index contributed by atoms with van der Waals surface area (Å²) in [5, 5.41) is 26.1. The Labute approximate surface area is 252 Å². The molecule has 0 saturated carbocycles. The van der Waals surface area contributed by atoms with Crippen LogP contribution in [0.3, 0.4) is 0 Å². The van der Waals surface area contributed by atoms with Gasteiger partial charge in [0.25, 0.3) is 0 Å². The van der Waals surface area contributed by atoms with Gasteiger partial charge in [-0.3, -0.25) is 4.57 Å². The summed E-state index contributed by atoms with van der Waals surface area (Å²) in [6.07, 6.45) is -0.877. The van der Waals surface area contributed by atoms with Crippen LogP contribution >= 0.6 is 0 Å². The molecule has 1 saturated heterocycles. The number of hydrogen-bond donors (Lipinski definition) is 2. The van der Waals surface area contributed by atoms with Crippen molar-refractivity contribution < 1.29 is 29.2 Å². The number of nitrogens with zero attached hydrogens (tertiary/aromatic N) is 5. The van der Waals surface area contributed by atoms with Crippen LogP contribution in [0.5, 0.6) is 11.5 Å². The maximum atomic E-state index is 12.9. The summed E-state index contributed by atoms with van der Waals surface area (Å²) >= 11 is 0. The van der Waals surface area contributed by atoms with E-state index in [0.29, 0.717) is 17.1 Å². The maximum Gasteiger partial charge on any atom is 0.351 e. The summed E-state index contributed by atoms with van der Waals surface area (Å²) in [7, 11) is 3.13. The van der Waals surface area contributed by atoms with Crippen LogP contribution in [0, 0.1) is 0 Å². The standard InChI is InChI=1S/C32H31N5O7/c1-41-24-15-9-14-23(29(24)42-2)32(21-10-5-3-6-11-21,22-12-7-4-8-13-22)43-18-25-27(38)28(39)30(44-25)36-17-16-26(35-31(36)40)37-20-33-19-34-37/h3-17,19-20,25,27-28,30,38-39H,18H2,1-2H3/t25-,27-,28-,30-/m1/s1. The Bertz CT molecular complexity index is 1710. The number of benzene rings is 3. The topological polar surface area (TPSA) is 143 Å². The minimum Gasteiger partial charge on any atom is -0.493 e. The van der Waals surface area contributed by atoms with Crippen molar-refractivity contribution >= 4 is 0 Å². The first-order valence-electron chi connectivity index (χ1n) is 13.9. The number of hydrogen-bond acceptors (Lipinski definition) is 10. The maximum absolute atomic E-state index is 12.9. The van der Waals surface area contributed by atoms with Gasteiger partial charge in [0, 0.05) is 11.8 Å². The van der Waals surface area contributed by atoms with Crippen LogP contribution in [0.25, 0.3) is 5.82 Å². The average Bonchev–Trinajstić information content (AvgIpc) is 3.71. The summed E-state index contributed by atoms with van der Waals surface area (Å²) < 4.78 is 26.9. The number of aromatic nitrogens is 5. The molecule has 12 heteroatoms. The number of rotatable bonds is 10. The van der Waals surface area contributed by atoms with E-state index in [9.17, 15) is 15.0 Å². The van der Waals surface area contributed by atoms with Crippen LogP contribution in [0.4, 0.5) is 0 Å². The average molecular weight is 598 g/mol. The Morgan fingerprint density at radius 1 is 0.886 bits per heavy atom. The summed E-state index contributed by atoms with van der Waals surface area (Å²) in [6.45, 7) is -0.169. The van der Waals surface area contributed by atoms with Crippen LogP contribution < -0.4 is 15.2 Å². The van der Waals surface area contributed by atoms with Crippen molar-refractivity contribution in [3.63, 3.8) is 0 Å². The first-order valence-corrected chi connectivity index (χ1v) is 13.9. The Balaban J connectivity index is 1.38. The third-order valence-corrected chi connectivity index (χ3v) is 7.69. The van der Waals surface area contributed by atoms with Crippen molar-refractivity contribution in [3.8, 4) is 17.3 Å². The molecule has 0 amide bonds. The monoisotopic (exact) mass is 597 g/mol. The van der Waals surface area contributed by atoms with Gasteiger partial charge in [0.15, 0.2) is 23.5 Å². The highest BCUT2D eigenvalue weighted by Crippen LogP contribution is 2.47. The zero-order valence-corrected chi connectivity index (χ0v) is 24.0. The molecule has 12 nitrogen and oxygen atoms in total. The van der Waals surface area contributed by atoms with E-state index in [2.05, 4.69) is 15.1 Å². The van der Waals surface area contributed by atoms with E-state index in [-0.39, 0.29) is 12.4 Å². The molecule has 44 heavy (non-hydrogen) atoms. The zero-order valence-electron chi connectivity index (χ0n) is 24.0. The third kappa shape index (κ3) is 5.13. The molecule has 226 valence electrons. The number of ether oxygens (including phenoxy) is 4. The van der Waals surface area contributed by atoms with Crippen molar-refractivity contribution in [3.05, 3.63) is 131 Å². The largest absolute Gasteiger partial charge is 0.493 e. The van der Waals surface area contributed by atoms with Crippen molar-refractivity contribution in [2.24, 2.45) is 0 Å². The van der Waals surface area contributed by atoms with Gasteiger partial charge in [-0.25, -0.2) is 14.5 Å². The van der Waals surface area contributed by atoms with E-state index in [1.54, 1.807) is 20.3 Å². The van der Waals surface area contributed by atoms with E-state index in [1.807, 2.05) is 72.8 Å². The molecule has 1 aliphatic heterocycles. The van der Waals surface area contributed by atoms with Crippen molar-refractivity contribution in [2.45, 2.75) is 30.1 Å². The molecule has 0 spiro atoms. The molecule has 0 unspecified atom stereocenters. The predicted octanol–water partition coefficient (Wildman–Crippen LogP) is 2.47. The van der Waals surface area contributed by atoms with Gasteiger partial charge < -0.3 is 29.2 Å². The fourth-order valence-electron chi connectivity index (χ4n) is 5.59. The summed E-state index contributed by atoms with van der Waals surface area (Å²) in [6, 6.07) is 26.3. The second-order valence-electron chi connectivity index (χ2n) is 10.1. The molecule has 2 N–H and O–H groups in total. The van der Waals surface area contributed by atoms with Gasteiger partial charge in [0.1, 0.15) is 36.6 Å². The van der Waals surface area contributed by atoms with E-state index in [0.717, 1.165) is 15.7 Å². The van der Waals surface area contributed by atoms with Crippen LogP contribution in [0.15, 0.2) is 109 Å². The Morgan fingerprint density at radius 2 is 1.59 bits per heavy atom. The highest BCUT2D eigenvalue weighted by molar-refractivity contribution is 5.57. The van der Waals surface area contributed by atoms with Crippen LogP contribution in [-0.4, -0.2) is 73.7 Å². The molecule has 4 atom stereocenters. The van der Waals surface area contributed by atoms with Gasteiger partial charge in [-0.15, -0.1) is 0 Å². The number of methoxy groups -OCH3 is 2. The first-order chi connectivity index (χ1) is 21.5. The Kier molecular flexibility index (Phi) is 8.22. The van der Waals surface area contributed by atoms with Crippen molar-refractivity contribution in [1.29, 1.82) is 0 Å². The molecular weight excluding hydrogens is 566 g/mol. The number of aliphatic hydroxyl groups excluding tert-OH is 2. The van der Waals surface area contributed by atoms with Crippen LogP contribution in [0.2, 0.25) is 0 Å². The summed E-state index contributed by atoms with van der Waals surface area (Å²) in [5.74, 6) is 1.23. The second kappa shape index (κ2) is 12.4. The lowest BCUT2D eigenvalue weighted by Crippen LogP contribution is -2.40. The number of aliphatic hydroxyl groups is 2. The molecule has 3 heterocycles. The molecule has 0 radical (unpaired) electrons. The van der Waals surface area contributed by atoms with Gasteiger partial charge in [0.05, 0.1) is 20.8 Å². The fourth-order valence-corrected chi connectivity index (χ4v) is 5.59.